The van der Waals surface area contributed by atoms with Gasteiger partial charge >= 0.3 is 0 Å². The molecule has 0 fully saturated rings. The first-order valence-corrected chi connectivity index (χ1v) is 6.77. The summed E-state index contributed by atoms with van der Waals surface area (Å²) in [5.41, 5.74) is 6.68. The molecule has 2 amide bonds. The van der Waals surface area contributed by atoms with Crippen molar-refractivity contribution in [3.63, 3.8) is 0 Å². The van der Waals surface area contributed by atoms with Crippen LogP contribution in [0, 0.1) is 0 Å². The van der Waals surface area contributed by atoms with Crippen molar-refractivity contribution in [2.24, 2.45) is 0 Å². The summed E-state index contributed by atoms with van der Waals surface area (Å²) in [6, 6.07) is 4.33. The molecule has 0 radical (unpaired) electrons. The molecule has 0 saturated carbocycles. The van der Waals surface area contributed by atoms with E-state index in [1.807, 2.05) is 6.92 Å². The molecular weight excluding hydrogens is 310 g/mol. The molecule has 1 aromatic rings. The number of hydrogen-bond donors (Lipinski definition) is 2. The zero-order valence-corrected chi connectivity index (χ0v) is 12.8. The summed E-state index contributed by atoms with van der Waals surface area (Å²) < 4.78 is 0.657. The van der Waals surface area contributed by atoms with Gasteiger partial charge in [-0.2, -0.15) is 0 Å². The molecule has 19 heavy (non-hydrogen) atoms. The highest BCUT2D eigenvalue weighted by molar-refractivity contribution is 9.10. The Morgan fingerprint density at radius 3 is 2.63 bits per heavy atom. The van der Waals surface area contributed by atoms with E-state index < -0.39 is 6.04 Å². The van der Waals surface area contributed by atoms with E-state index >= 15 is 0 Å². The Balaban J connectivity index is 2.74. The van der Waals surface area contributed by atoms with Gasteiger partial charge < -0.3 is 16.0 Å². The zero-order valence-electron chi connectivity index (χ0n) is 11.2. The van der Waals surface area contributed by atoms with Gasteiger partial charge in [-0.05, 0) is 48.0 Å². The minimum absolute atomic E-state index is 0.120. The van der Waals surface area contributed by atoms with Crippen LogP contribution >= 0.6 is 15.9 Å². The quantitative estimate of drug-likeness (QED) is 0.825. The van der Waals surface area contributed by atoms with Crippen LogP contribution < -0.4 is 11.1 Å². The molecular formula is C13H18BrN3O2. The van der Waals surface area contributed by atoms with Crippen LogP contribution in [0.1, 0.15) is 24.2 Å². The molecule has 0 spiro atoms. The number of nitrogen functional groups attached to an aromatic ring is 1. The molecule has 0 aliphatic carbocycles. The number of nitrogens with zero attached hydrogens (tertiary/aromatic N) is 1. The number of anilines is 1. The maximum Gasteiger partial charge on any atom is 0.251 e. The van der Waals surface area contributed by atoms with E-state index in [4.69, 9.17) is 5.73 Å². The second-order valence-electron chi connectivity index (χ2n) is 4.28. The van der Waals surface area contributed by atoms with E-state index in [0.717, 1.165) is 0 Å². The number of benzene rings is 1. The fourth-order valence-electron chi connectivity index (χ4n) is 1.50. The van der Waals surface area contributed by atoms with Crippen molar-refractivity contribution in [2.75, 3.05) is 19.3 Å². The first-order chi connectivity index (χ1) is 8.86. The van der Waals surface area contributed by atoms with Crippen LogP contribution in [0.2, 0.25) is 0 Å². The predicted octanol–water partition coefficient (Wildman–Crippen LogP) is 1.63. The molecule has 3 N–H and O–H groups in total. The van der Waals surface area contributed by atoms with Crippen molar-refractivity contribution in [2.45, 2.75) is 19.9 Å². The van der Waals surface area contributed by atoms with Crippen molar-refractivity contribution in [1.29, 1.82) is 0 Å². The van der Waals surface area contributed by atoms with Crippen molar-refractivity contribution in [3.05, 3.63) is 28.2 Å². The zero-order chi connectivity index (χ0) is 14.6. The van der Waals surface area contributed by atoms with Gasteiger partial charge in [0.05, 0.1) is 0 Å². The van der Waals surface area contributed by atoms with E-state index in [0.29, 0.717) is 22.3 Å². The molecule has 0 saturated heterocycles. The lowest BCUT2D eigenvalue weighted by molar-refractivity contribution is -0.131. The predicted molar refractivity (Wildman–Crippen MR) is 78.8 cm³/mol. The molecule has 1 aromatic carbocycles. The van der Waals surface area contributed by atoms with Crippen molar-refractivity contribution in [3.8, 4) is 0 Å². The summed E-state index contributed by atoms with van der Waals surface area (Å²) in [5, 5.41) is 2.67. The Labute approximate surface area is 121 Å². The number of halogens is 1. The SMILES string of the molecule is CCN(C)C(=O)C(C)NC(=O)c1ccc(N)c(Br)c1. The average molecular weight is 328 g/mol. The number of nitrogens with one attached hydrogen (secondary N) is 1. The third-order valence-electron chi connectivity index (χ3n) is 2.83. The highest BCUT2D eigenvalue weighted by Gasteiger charge is 2.19. The molecule has 0 bridgehead atoms. The Morgan fingerprint density at radius 1 is 1.47 bits per heavy atom. The summed E-state index contributed by atoms with van der Waals surface area (Å²) in [6.45, 7) is 4.15. The van der Waals surface area contributed by atoms with E-state index in [-0.39, 0.29) is 11.8 Å². The fourth-order valence-corrected chi connectivity index (χ4v) is 1.88. The number of carbonyl (C=O) groups is 2. The summed E-state index contributed by atoms with van der Waals surface area (Å²) >= 11 is 3.26. The van der Waals surface area contributed by atoms with E-state index in [2.05, 4.69) is 21.2 Å². The van der Waals surface area contributed by atoms with Gasteiger partial charge in [0.2, 0.25) is 5.91 Å². The highest BCUT2D eigenvalue weighted by atomic mass is 79.9. The Kier molecular flexibility index (Phi) is 5.35. The Morgan fingerprint density at radius 2 is 2.11 bits per heavy atom. The second kappa shape index (κ2) is 6.56. The molecule has 5 nitrogen and oxygen atoms in total. The first kappa shape index (κ1) is 15.5. The van der Waals surface area contributed by atoms with Gasteiger partial charge in [-0.1, -0.05) is 0 Å². The summed E-state index contributed by atoms with van der Waals surface area (Å²) in [5.74, 6) is -0.420. The maximum absolute atomic E-state index is 12.0. The number of rotatable bonds is 4. The fraction of sp³-hybridized carbons (Fsp3) is 0.385. The molecule has 0 aliphatic rings. The van der Waals surface area contributed by atoms with Gasteiger partial charge in [0, 0.05) is 29.3 Å². The lowest BCUT2D eigenvalue weighted by atomic mass is 10.2. The molecule has 1 atom stereocenters. The lowest BCUT2D eigenvalue weighted by Crippen LogP contribution is -2.45. The smallest absolute Gasteiger partial charge is 0.251 e. The van der Waals surface area contributed by atoms with Gasteiger partial charge in [-0.15, -0.1) is 0 Å². The van der Waals surface area contributed by atoms with Gasteiger partial charge in [0.15, 0.2) is 0 Å². The number of amides is 2. The van der Waals surface area contributed by atoms with Crippen LogP contribution in [-0.2, 0) is 4.79 Å². The van der Waals surface area contributed by atoms with Gasteiger partial charge in [-0.25, -0.2) is 0 Å². The number of carbonyl (C=O) groups excluding carboxylic acids is 2. The van der Waals surface area contributed by atoms with Gasteiger partial charge in [0.1, 0.15) is 6.04 Å². The monoisotopic (exact) mass is 327 g/mol. The van der Waals surface area contributed by atoms with Crippen molar-refractivity contribution in [1.82, 2.24) is 10.2 Å². The van der Waals surface area contributed by atoms with Crippen LogP contribution in [0.3, 0.4) is 0 Å². The molecule has 6 heteroatoms. The van der Waals surface area contributed by atoms with Gasteiger partial charge in [-0.3, -0.25) is 9.59 Å². The maximum atomic E-state index is 12.0. The van der Waals surface area contributed by atoms with Crippen molar-refractivity contribution < 1.29 is 9.59 Å². The molecule has 1 unspecified atom stereocenters. The Bertz CT molecular complexity index is 491. The van der Waals surface area contributed by atoms with Crippen LogP contribution in [0.25, 0.3) is 0 Å². The number of nitrogens with two attached hydrogens (primary N) is 1. The van der Waals surface area contributed by atoms with Crippen LogP contribution in [0.4, 0.5) is 5.69 Å². The number of hydrogen-bond acceptors (Lipinski definition) is 3. The number of likely N-dealkylation sites (N-methyl/N-ethyl adjacent to an activating group) is 1. The standard InChI is InChI=1S/C13H18BrN3O2/c1-4-17(3)13(19)8(2)16-12(18)9-5-6-11(15)10(14)7-9/h5-8H,4,15H2,1-3H3,(H,16,18). The molecule has 0 heterocycles. The lowest BCUT2D eigenvalue weighted by Gasteiger charge is -2.20. The minimum Gasteiger partial charge on any atom is -0.398 e. The van der Waals surface area contributed by atoms with E-state index in [9.17, 15) is 9.59 Å². The van der Waals surface area contributed by atoms with Crippen LogP contribution in [0.5, 0.6) is 0 Å². The average Bonchev–Trinajstić information content (AvgIpc) is 2.39. The minimum atomic E-state index is -0.561. The Hall–Kier alpha value is -1.56. The normalized spacial score (nSPS) is 11.8. The van der Waals surface area contributed by atoms with E-state index in [1.165, 1.54) is 0 Å². The molecule has 0 aromatic heterocycles. The third kappa shape index (κ3) is 3.96. The summed E-state index contributed by atoms with van der Waals surface area (Å²) in [4.78, 5) is 25.4. The van der Waals surface area contributed by atoms with Gasteiger partial charge in [0.25, 0.3) is 5.91 Å². The molecule has 104 valence electrons. The van der Waals surface area contributed by atoms with E-state index in [1.54, 1.807) is 37.1 Å². The van der Waals surface area contributed by atoms with Crippen LogP contribution in [-0.4, -0.2) is 36.3 Å². The molecule has 0 aliphatic heterocycles. The largest absolute Gasteiger partial charge is 0.398 e. The summed E-state index contributed by atoms with van der Waals surface area (Å²) in [7, 11) is 1.70. The van der Waals surface area contributed by atoms with Crippen molar-refractivity contribution >= 4 is 33.4 Å². The first-order valence-electron chi connectivity index (χ1n) is 5.97. The summed E-state index contributed by atoms with van der Waals surface area (Å²) in [6.07, 6.45) is 0. The topological polar surface area (TPSA) is 75.4 Å². The van der Waals surface area contributed by atoms with Crippen LogP contribution in [0.15, 0.2) is 22.7 Å². The second-order valence-corrected chi connectivity index (χ2v) is 5.14. The highest BCUT2D eigenvalue weighted by Crippen LogP contribution is 2.20. The third-order valence-corrected chi connectivity index (χ3v) is 3.52. The molecule has 1 rings (SSSR count).